The summed E-state index contributed by atoms with van der Waals surface area (Å²) in [5.41, 5.74) is 2.93. The molecule has 1 atom stereocenters. The maximum absolute atomic E-state index is 12.3. The second-order valence-corrected chi connectivity index (χ2v) is 6.51. The Morgan fingerprint density at radius 2 is 1.96 bits per heavy atom. The number of halogens is 1. The second-order valence-electron chi connectivity index (χ2n) is 5.65. The predicted molar refractivity (Wildman–Crippen MR) is 99.5 cm³/mol. The molecule has 1 N–H and O–H groups in total. The molecule has 2 aromatic carbocycles. The number of anilines is 1. The molecule has 0 spiro atoms. The first-order chi connectivity index (χ1) is 11.9. The van der Waals surface area contributed by atoms with E-state index < -0.39 is 18.0 Å². The first-order valence-electron chi connectivity index (χ1n) is 7.76. The quantitative estimate of drug-likeness (QED) is 0.735. The van der Waals surface area contributed by atoms with Gasteiger partial charge in [-0.1, -0.05) is 18.2 Å². The lowest BCUT2D eigenvalue weighted by atomic mass is 10.1. The second kappa shape index (κ2) is 8.78. The van der Waals surface area contributed by atoms with Crippen LogP contribution in [-0.2, 0) is 20.9 Å². The van der Waals surface area contributed by atoms with Crippen LogP contribution in [0.4, 0.5) is 5.69 Å². The molecular formula is C19H20BrNO4. The summed E-state index contributed by atoms with van der Waals surface area (Å²) < 4.78 is 11.1. The van der Waals surface area contributed by atoms with E-state index >= 15 is 0 Å². The molecule has 2 aromatic rings. The van der Waals surface area contributed by atoms with E-state index in [2.05, 4.69) is 21.2 Å². The fourth-order valence-corrected chi connectivity index (χ4v) is 2.79. The zero-order chi connectivity index (χ0) is 18.4. The average molecular weight is 406 g/mol. The average Bonchev–Trinajstić information content (AvgIpc) is 2.57. The molecule has 1 amide bonds. The van der Waals surface area contributed by atoms with Gasteiger partial charge in [-0.15, -0.1) is 0 Å². The molecule has 0 aliphatic heterocycles. The summed E-state index contributed by atoms with van der Waals surface area (Å²) in [7, 11) is 1.58. The van der Waals surface area contributed by atoms with Gasteiger partial charge in [-0.05, 0) is 65.2 Å². The van der Waals surface area contributed by atoms with Crippen LogP contribution in [0, 0.1) is 6.92 Å². The standard InChI is InChI=1S/C19H20BrNO4/c1-12-7-8-17(16(20)9-12)21-18(22)13(2)25-19(23)15-6-4-5-14(10-15)11-24-3/h4-10,13H,11H2,1-3H3,(H,21,22)/t13-/m0/s1. The van der Waals surface area contributed by atoms with Gasteiger partial charge < -0.3 is 14.8 Å². The van der Waals surface area contributed by atoms with E-state index in [9.17, 15) is 9.59 Å². The third kappa shape index (κ3) is 5.41. The molecule has 0 unspecified atom stereocenters. The van der Waals surface area contributed by atoms with Crippen LogP contribution < -0.4 is 5.32 Å². The van der Waals surface area contributed by atoms with E-state index in [1.807, 2.05) is 25.1 Å². The van der Waals surface area contributed by atoms with Crippen molar-refractivity contribution in [3.8, 4) is 0 Å². The van der Waals surface area contributed by atoms with E-state index in [0.29, 0.717) is 17.9 Å². The third-order valence-electron chi connectivity index (χ3n) is 3.51. The van der Waals surface area contributed by atoms with Crippen LogP contribution in [0.1, 0.15) is 28.4 Å². The van der Waals surface area contributed by atoms with Crippen LogP contribution in [-0.4, -0.2) is 25.1 Å². The Balaban J connectivity index is 2.00. The normalized spacial score (nSPS) is 11.7. The van der Waals surface area contributed by atoms with Gasteiger partial charge in [-0.3, -0.25) is 4.79 Å². The highest BCUT2D eigenvalue weighted by Gasteiger charge is 2.20. The first kappa shape index (κ1) is 19.1. The Kier molecular flexibility index (Phi) is 6.73. The Labute approximate surface area is 155 Å². The molecular weight excluding hydrogens is 386 g/mol. The summed E-state index contributed by atoms with van der Waals surface area (Å²) in [6.07, 6.45) is -0.924. The number of hydrogen-bond donors (Lipinski definition) is 1. The summed E-state index contributed by atoms with van der Waals surface area (Å²) in [5, 5.41) is 2.74. The van der Waals surface area contributed by atoms with Gasteiger partial charge in [-0.2, -0.15) is 0 Å². The van der Waals surface area contributed by atoms with Crippen molar-refractivity contribution in [3.05, 3.63) is 63.6 Å². The Hall–Kier alpha value is -2.18. The van der Waals surface area contributed by atoms with E-state index in [-0.39, 0.29) is 0 Å². The molecule has 0 fully saturated rings. The van der Waals surface area contributed by atoms with Gasteiger partial charge in [0.1, 0.15) is 0 Å². The highest BCUT2D eigenvalue weighted by molar-refractivity contribution is 9.10. The maximum atomic E-state index is 12.3. The maximum Gasteiger partial charge on any atom is 0.338 e. The van der Waals surface area contributed by atoms with Gasteiger partial charge in [0, 0.05) is 11.6 Å². The minimum atomic E-state index is -0.924. The van der Waals surface area contributed by atoms with E-state index in [1.165, 1.54) is 6.92 Å². The number of carbonyl (C=O) groups excluding carboxylic acids is 2. The van der Waals surface area contributed by atoms with Crippen LogP contribution in [0.15, 0.2) is 46.9 Å². The van der Waals surface area contributed by atoms with Crippen molar-refractivity contribution in [1.82, 2.24) is 0 Å². The third-order valence-corrected chi connectivity index (χ3v) is 4.17. The molecule has 0 radical (unpaired) electrons. The number of esters is 1. The number of hydrogen-bond acceptors (Lipinski definition) is 4. The van der Waals surface area contributed by atoms with Crippen LogP contribution in [0.25, 0.3) is 0 Å². The largest absolute Gasteiger partial charge is 0.449 e. The zero-order valence-electron chi connectivity index (χ0n) is 14.3. The molecule has 0 bridgehead atoms. The molecule has 25 heavy (non-hydrogen) atoms. The molecule has 0 aromatic heterocycles. The van der Waals surface area contributed by atoms with Gasteiger partial charge in [0.15, 0.2) is 6.10 Å². The highest BCUT2D eigenvalue weighted by atomic mass is 79.9. The topological polar surface area (TPSA) is 64.6 Å². The molecule has 0 heterocycles. The van der Waals surface area contributed by atoms with Crippen LogP contribution >= 0.6 is 15.9 Å². The molecule has 0 saturated heterocycles. The van der Waals surface area contributed by atoms with Crippen molar-refractivity contribution < 1.29 is 19.1 Å². The summed E-state index contributed by atoms with van der Waals surface area (Å²) in [6.45, 7) is 3.89. The van der Waals surface area contributed by atoms with Crippen LogP contribution in [0.5, 0.6) is 0 Å². The van der Waals surface area contributed by atoms with E-state index in [0.717, 1.165) is 15.6 Å². The van der Waals surface area contributed by atoms with Crippen molar-refractivity contribution in [1.29, 1.82) is 0 Å². The van der Waals surface area contributed by atoms with Gasteiger partial charge >= 0.3 is 5.97 Å². The summed E-state index contributed by atoms with van der Waals surface area (Å²) in [5.74, 6) is -0.950. The summed E-state index contributed by atoms with van der Waals surface area (Å²) in [6, 6.07) is 12.5. The minimum Gasteiger partial charge on any atom is -0.449 e. The number of benzene rings is 2. The summed E-state index contributed by atoms with van der Waals surface area (Å²) in [4.78, 5) is 24.5. The Bertz CT molecular complexity index is 776. The fraction of sp³-hybridized carbons (Fsp3) is 0.263. The van der Waals surface area contributed by atoms with Gasteiger partial charge in [0.25, 0.3) is 5.91 Å². The predicted octanol–water partition coefficient (Wildman–Crippen LogP) is 4.09. The van der Waals surface area contributed by atoms with Gasteiger partial charge in [0.05, 0.1) is 17.9 Å². The van der Waals surface area contributed by atoms with Crippen molar-refractivity contribution in [3.63, 3.8) is 0 Å². The lowest BCUT2D eigenvalue weighted by Gasteiger charge is -2.15. The van der Waals surface area contributed by atoms with E-state index in [1.54, 1.807) is 31.4 Å². The lowest BCUT2D eigenvalue weighted by molar-refractivity contribution is -0.123. The minimum absolute atomic E-state index is 0.380. The molecule has 0 aliphatic rings. The Morgan fingerprint density at radius 1 is 1.20 bits per heavy atom. The number of methoxy groups -OCH3 is 1. The number of ether oxygens (including phenoxy) is 2. The summed E-state index contributed by atoms with van der Waals surface area (Å²) >= 11 is 3.40. The SMILES string of the molecule is COCc1cccc(C(=O)O[C@@H](C)C(=O)Nc2ccc(C)cc2Br)c1. The van der Waals surface area contributed by atoms with Crippen LogP contribution in [0.3, 0.4) is 0 Å². The molecule has 2 rings (SSSR count). The monoisotopic (exact) mass is 405 g/mol. The molecule has 5 nitrogen and oxygen atoms in total. The lowest BCUT2D eigenvalue weighted by Crippen LogP contribution is -2.30. The highest BCUT2D eigenvalue weighted by Crippen LogP contribution is 2.23. The smallest absolute Gasteiger partial charge is 0.338 e. The number of nitrogens with one attached hydrogen (secondary N) is 1. The van der Waals surface area contributed by atoms with Gasteiger partial charge in [0.2, 0.25) is 0 Å². The fourth-order valence-electron chi connectivity index (χ4n) is 2.19. The zero-order valence-corrected chi connectivity index (χ0v) is 15.9. The van der Waals surface area contributed by atoms with E-state index in [4.69, 9.17) is 9.47 Å². The van der Waals surface area contributed by atoms with Crippen molar-refractivity contribution in [2.24, 2.45) is 0 Å². The number of carbonyl (C=O) groups is 2. The molecule has 132 valence electrons. The molecule has 6 heteroatoms. The number of amides is 1. The van der Waals surface area contributed by atoms with Crippen molar-refractivity contribution in [2.75, 3.05) is 12.4 Å². The molecule has 0 aliphatic carbocycles. The Morgan fingerprint density at radius 3 is 2.64 bits per heavy atom. The van der Waals surface area contributed by atoms with Crippen molar-refractivity contribution in [2.45, 2.75) is 26.6 Å². The number of aryl methyl sites for hydroxylation is 1. The van der Waals surface area contributed by atoms with Crippen LogP contribution in [0.2, 0.25) is 0 Å². The van der Waals surface area contributed by atoms with Gasteiger partial charge in [-0.25, -0.2) is 4.79 Å². The molecule has 0 saturated carbocycles. The first-order valence-corrected chi connectivity index (χ1v) is 8.56. The number of rotatable bonds is 6. The van der Waals surface area contributed by atoms with Crippen molar-refractivity contribution >= 4 is 33.5 Å².